The second-order valence-electron chi connectivity index (χ2n) is 4.79. The zero-order valence-electron chi connectivity index (χ0n) is 11.0. The van der Waals surface area contributed by atoms with Gasteiger partial charge in [0.05, 0.1) is 0 Å². The molecule has 3 heteroatoms. The molecule has 2 aromatic rings. The lowest BCUT2D eigenvalue weighted by Crippen LogP contribution is -3.00. The van der Waals surface area contributed by atoms with E-state index in [0.29, 0.717) is 0 Å². The van der Waals surface area contributed by atoms with Gasteiger partial charge in [-0.25, -0.2) is 0 Å². The van der Waals surface area contributed by atoms with Crippen LogP contribution >= 0.6 is 0 Å². The van der Waals surface area contributed by atoms with E-state index in [4.69, 9.17) is 0 Å². The first-order chi connectivity index (χ1) is 7.59. The average Bonchev–Trinajstić information content (AvgIpc) is 2.55. The molecule has 0 amide bonds. The van der Waals surface area contributed by atoms with Gasteiger partial charge in [0.25, 0.3) is 0 Å². The molecule has 1 heterocycles. The highest BCUT2D eigenvalue weighted by atomic mass is 127. The average molecular weight is 343 g/mol. The van der Waals surface area contributed by atoms with Crippen molar-refractivity contribution in [3.63, 3.8) is 0 Å². The number of rotatable bonds is 3. The lowest BCUT2D eigenvalue weighted by Gasteiger charge is -2.08. The van der Waals surface area contributed by atoms with Crippen LogP contribution in [-0.2, 0) is 13.5 Å². The molecule has 1 aromatic carbocycles. The van der Waals surface area contributed by atoms with Gasteiger partial charge in [-0.3, -0.25) is 0 Å². The summed E-state index contributed by atoms with van der Waals surface area (Å²) in [4.78, 5) is 2.23. The summed E-state index contributed by atoms with van der Waals surface area (Å²) in [6.07, 6.45) is 3.39. The minimum atomic E-state index is 0. The third-order valence-electron chi connectivity index (χ3n) is 3.13. The van der Waals surface area contributed by atoms with Gasteiger partial charge in [0.15, 0.2) is 0 Å². The first-order valence-electron chi connectivity index (χ1n) is 5.78. The van der Waals surface area contributed by atoms with E-state index in [9.17, 15) is 0 Å². The first kappa shape index (κ1) is 14.5. The zero-order valence-corrected chi connectivity index (χ0v) is 13.2. The van der Waals surface area contributed by atoms with Crippen LogP contribution in [0, 0.1) is 6.92 Å². The van der Waals surface area contributed by atoms with Crippen LogP contribution in [0.5, 0.6) is 0 Å². The van der Waals surface area contributed by atoms with Crippen molar-refractivity contribution in [1.29, 1.82) is 0 Å². The van der Waals surface area contributed by atoms with Crippen LogP contribution in [0.2, 0.25) is 0 Å². The lowest BCUT2D eigenvalue weighted by molar-refractivity contribution is -0.00000349. The van der Waals surface area contributed by atoms with E-state index >= 15 is 0 Å². The molecule has 94 valence electrons. The zero-order chi connectivity index (χ0) is 11.7. The van der Waals surface area contributed by atoms with E-state index in [1.54, 1.807) is 0 Å². The third kappa shape index (κ3) is 3.01. The number of benzene rings is 1. The molecule has 0 spiro atoms. The van der Waals surface area contributed by atoms with Crippen molar-refractivity contribution in [2.75, 3.05) is 20.6 Å². The normalized spacial score (nSPS) is 10.9. The predicted octanol–water partition coefficient (Wildman–Crippen LogP) is -0.405. The summed E-state index contributed by atoms with van der Waals surface area (Å²) in [5, 5.41) is 1.44. The molecule has 0 fully saturated rings. The Balaban J connectivity index is 0.00000144. The van der Waals surface area contributed by atoms with Crippen molar-refractivity contribution in [3.05, 3.63) is 35.5 Å². The molecule has 0 saturated heterocycles. The number of nitrogens with zero attached hydrogens (tertiary/aromatic N) is 2. The van der Waals surface area contributed by atoms with Crippen LogP contribution in [0.3, 0.4) is 0 Å². The monoisotopic (exact) mass is 343 g/mol. The standard InChI is InChI=1S/C14H20N2.HI/c1-11-6-5-7-13-14(11)12(10-16(13)4)8-9-15(2)3;/h5-7,10H,8-9H2,1-4H3;1H/p-1. The lowest BCUT2D eigenvalue weighted by atomic mass is 10.1. The highest BCUT2D eigenvalue weighted by molar-refractivity contribution is 5.87. The molecule has 0 aliphatic carbocycles. The van der Waals surface area contributed by atoms with E-state index < -0.39 is 0 Å². The van der Waals surface area contributed by atoms with Crippen molar-refractivity contribution < 1.29 is 24.0 Å². The van der Waals surface area contributed by atoms with Gasteiger partial charge in [-0.1, -0.05) is 12.1 Å². The molecule has 2 rings (SSSR count). The minimum absolute atomic E-state index is 0. The molecule has 0 N–H and O–H groups in total. The molecule has 2 nitrogen and oxygen atoms in total. The number of fused-ring (bicyclic) bond motifs is 1. The number of halogens is 1. The summed E-state index contributed by atoms with van der Waals surface area (Å²) < 4.78 is 2.23. The summed E-state index contributed by atoms with van der Waals surface area (Å²) in [6, 6.07) is 6.52. The Hall–Kier alpha value is -0.550. The van der Waals surface area contributed by atoms with Gasteiger partial charge in [0, 0.05) is 30.7 Å². The van der Waals surface area contributed by atoms with Gasteiger partial charge in [-0.15, -0.1) is 0 Å². The van der Waals surface area contributed by atoms with E-state index in [1.807, 2.05) is 0 Å². The summed E-state index contributed by atoms with van der Waals surface area (Å²) in [5.74, 6) is 0. The number of hydrogen-bond donors (Lipinski definition) is 0. The Morgan fingerprint density at radius 2 is 1.94 bits per heavy atom. The van der Waals surface area contributed by atoms with Crippen molar-refractivity contribution in [3.8, 4) is 0 Å². The second kappa shape index (κ2) is 5.87. The van der Waals surface area contributed by atoms with Crippen LogP contribution in [0.25, 0.3) is 10.9 Å². The van der Waals surface area contributed by atoms with Crippen molar-refractivity contribution in [1.82, 2.24) is 9.47 Å². The van der Waals surface area contributed by atoms with Crippen LogP contribution < -0.4 is 24.0 Å². The largest absolute Gasteiger partial charge is 1.00 e. The molecule has 0 aliphatic heterocycles. The highest BCUT2D eigenvalue weighted by Crippen LogP contribution is 2.24. The predicted molar refractivity (Wildman–Crippen MR) is 69.9 cm³/mol. The fourth-order valence-electron chi connectivity index (χ4n) is 2.27. The number of likely N-dealkylation sites (N-methyl/N-ethyl adjacent to an activating group) is 1. The Morgan fingerprint density at radius 3 is 2.59 bits per heavy atom. The van der Waals surface area contributed by atoms with Crippen LogP contribution in [-0.4, -0.2) is 30.1 Å². The number of aromatic nitrogens is 1. The van der Waals surface area contributed by atoms with Gasteiger partial charge in [0.2, 0.25) is 0 Å². The Morgan fingerprint density at radius 1 is 1.24 bits per heavy atom. The van der Waals surface area contributed by atoms with Crippen LogP contribution in [0.15, 0.2) is 24.4 Å². The summed E-state index contributed by atoms with van der Waals surface area (Å²) >= 11 is 0. The molecule has 0 aliphatic rings. The summed E-state index contributed by atoms with van der Waals surface area (Å²) in [7, 11) is 6.37. The van der Waals surface area contributed by atoms with Crippen LogP contribution in [0.4, 0.5) is 0 Å². The molecular weight excluding hydrogens is 323 g/mol. The molecule has 1 aromatic heterocycles. The highest BCUT2D eigenvalue weighted by Gasteiger charge is 2.08. The topological polar surface area (TPSA) is 8.17 Å². The van der Waals surface area contributed by atoms with Gasteiger partial charge >= 0.3 is 0 Å². The quantitative estimate of drug-likeness (QED) is 0.689. The minimum Gasteiger partial charge on any atom is -1.00 e. The summed E-state index contributed by atoms with van der Waals surface area (Å²) in [5.41, 5.74) is 4.19. The SMILES string of the molecule is Cc1cccc2c1c(CCN(C)C)cn2C.[I-]. The van der Waals surface area contributed by atoms with Gasteiger partial charge in [-0.05, 0) is 44.6 Å². The maximum atomic E-state index is 2.27. The number of aryl methyl sites for hydroxylation is 2. The van der Waals surface area contributed by atoms with Crippen molar-refractivity contribution in [2.45, 2.75) is 13.3 Å². The summed E-state index contributed by atoms with van der Waals surface area (Å²) in [6.45, 7) is 3.30. The van der Waals surface area contributed by atoms with Crippen molar-refractivity contribution in [2.24, 2.45) is 7.05 Å². The molecule has 0 saturated carbocycles. The van der Waals surface area contributed by atoms with Crippen molar-refractivity contribution >= 4 is 10.9 Å². The van der Waals surface area contributed by atoms with Crippen LogP contribution in [0.1, 0.15) is 11.1 Å². The molecular formula is C14H20IN2-. The fraction of sp³-hybridized carbons (Fsp3) is 0.429. The maximum Gasteiger partial charge on any atom is 0.0483 e. The third-order valence-corrected chi connectivity index (χ3v) is 3.13. The fourth-order valence-corrected chi connectivity index (χ4v) is 2.27. The Kier molecular flexibility index (Phi) is 5.01. The Labute approximate surface area is 121 Å². The maximum absolute atomic E-state index is 2.27. The van der Waals surface area contributed by atoms with Gasteiger partial charge < -0.3 is 33.4 Å². The first-order valence-corrected chi connectivity index (χ1v) is 5.78. The molecule has 0 radical (unpaired) electrons. The smallest absolute Gasteiger partial charge is 0.0483 e. The van der Waals surface area contributed by atoms with E-state index in [-0.39, 0.29) is 24.0 Å². The molecule has 0 atom stereocenters. The molecule has 17 heavy (non-hydrogen) atoms. The van der Waals surface area contributed by atoms with Gasteiger partial charge in [0.1, 0.15) is 0 Å². The van der Waals surface area contributed by atoms with E-state index in [0.717, 1.165) is 13.0 Å². The second-order valence-corrected chi connectivity index (χ2v) is 4.79. The number of hydrogen-bond acceptors (Lipinski definition) is 1. The van der Waals surface area contributed by atoms with Gasteiger partial charge in [-0.2, -0.15) is 0 Å². The Bertz CT molecular complexity index is 500. The van der Waals surface area contributed by atoms with E-state index in [1.165, 1.54) is 22.0 Å². The molecule has 0 unspecified atom stereocenters. The molecule has 0 bridgehead atoms. The van der Waals surface area contributed by atoms with E-state index in [2.05, 4.69) is 61.9 Å².